The number of carbonyl (C=O) groups is 1. The maximum Gasteiger partial charge on any atom is 1.00 e. The molecular weight excluding hydrogens is 396 g/mol. The van der Waals surface area contributed by atoms with Gasteiger partial charge in [0.15, 0.2) is 0 Å². The van der Waals surface area contributed by atoms with E-state index in [1.165, 1.54) is 18.2 Å². The summed E-state index contributed by atoms with van der Waals surface area (Å²) in [6, 6.07) is 14.2. The third kappa shape index (κ3) is 5.20. The summed E-state index contributed by atoms with van der Waals surface area (Å²) in [6.45, 7) is 4.07. The molecule has 152 valence electrons. The number of hydrogen-bond donors (Lipinski definition) is 2. The fourth-order valence-corrected chi connectivity index (χ4v) is 3.53. The Hall–Kier alpha value is -1.96. The van der Waals surface area contributed by atoms with Crippen LogP contribution in [0.1, 0.15) is 32.0 Å². The molecule has 1 aromatic heterocycles. The predicted molar refractivity (Wildman–Crippen MR) is 108 cm³/mol. The van der Waals surface area contributed by atoms with E-state index in [1.807, 2.05) is 38.1 Å². The summed E-state index contributed by atoms with van der Waals surface area (Å²) in [5.41, 5.74) is 3.50. The molecule has 0 aliphatic carbocycles. The van der Waals surface area contributed by atoms with E-state index in [9.17, 15) is 24.5 Å². The van der Waals surface area contributed by atoms with Crippen molar-refractivity contribution in [2.75, 3.05) is 0 Å². The van der Waals surface area contributed by atoms with Crippen LogP contribution in [0.3, 0.4) is 0 Å². The number of carbonyl (C=O) groups excluding carboxylic acids is 1. The standard InChI is InChI=1S/C23H24FNO4.Na/c1-14(2)25-19-6-4-3-5-18(19)22(15-7-9-16(24)10-8-15)20(25)12-11-17(26)13-21(27)23(28)29;/h3-12,14,17,21,26-27H,13H2,1-2H3,(H,28,29);/q;+1/p-1/b12-11+;/t17-,21-;/m0./s1. The van der Waals surface area contributed by atoms with E-state index >= 15 is 0 Å². The summed E-state index contributed by atoms with van der Waals surface area (Å²) in [7, 11) is 0. The summed E-state index contributed by atoms with van der Waals surface area (Å²) in [5, 5.41) is 31.2. The Labute approximate surface area is 196 Å². The topological polar surface area (TPSA) is 85.5 Å². The van der Waals surface area contributed by atoms with Crippen molar-refractivity contribution >= 4 is 22.9 Å². The van der Waals surface area contributed by atoms with Crippen molar-refractivity contribution in [1.29, 1.82) is 0 Å². The molecule has 0 unspecified atom stereocenters. The fourth-order valence-electron chi connectivity index (χ4n) is 3.53. The Bertz CT molecular complexity index is 1040. The van der Waals surface area contributed by atoms with Crippen LogP contribution in [0.15, 0.2) is 54.6 Å². The van der Waals surface area contributed by atoms with Crippen LogP contribution in [0.5, 0.6) is 0 Å². The van der Waals surface area contributed by atoms with E-state index in [0.717, 1.165) is 27.7 Å². The number of halogens is 1. The number of benzene rings is 2. The first kappa shape index (κ1) is 24.3. The molecule has 3 aromatic rings. The first-order valence-electron chi connectivity index (χ1n) is 9.43. The first-order valence-corrected chi connectivity index (χ1v) is 9.43. The van der Waals surface area contributed by atoms with E-state index in [-0.39, 0.29) is 47.8 Å². The van der Waals surface area contributed by atoms with Gasteiger partial charge >= 0.3 is 29.6 Å². The Kier molecular flexibility index (Phi) is 8.41. The van der Waals surface area contributed by atoms with Crippen molar-refractivity contribution < 1.29 is 54.1 Å². The summed E-state index contributed by atoms with van der Waals surface area (Å²) < 4.78 is 15.6. The summed E-state index contributed by atoms with van der Waals surface area (Å²) in [5.74, 6) is -1.95. The van der Waals surface area contributed by atoms with Gasteiger partial charge in [0.1, 0.15) is 5.82 Å². The van der Waals surface area contributed by atoms with Crippen molar-refractivity contribution in [1.82, 2.24) is 4.57 Å². The maximum absolute atomic E-state index is 13.5. The number of para-hydroxylation sites is 1. The van der Waals surface area contributed by atoms with Crippen LogP contribution < -0.4 is 34.7 Å². The Morgan fingerprint density at radius 1 is 1.13 bits per heavy atom. The number of fused-ring (bicyclic) bond motifs is 1. The predicted octanol–water partition coefficient (Wildman–Crippen LogP) is -0.0927. The second kappa shape index (κ2) is 10.4. The maximum atomic E-state index is 13.5. The van der Waals surface area contributed by atoms with Crippen molar-refractivity contribution in [2.45, 2.75) is 38.5 Å². The number of aliphatic hydroxyl groups is 2. The van der Waals surface area contributed by atoms with Crippen molar-refractivity contribution in [3.63, 3.8) is 0 Å². The minimum atomic E-state index is -1.75. The zero-order valence-corrected chi connectivity index (χ0v) is 19.2. The number of carboxylic acids is 1. The van der Waals surface area contributed by atoms with Gasteiger partial charge in [0.25, 0.3) is 0 Å². The van der Waals surface area contributed by atoms with E-state index < -0.39 is 18.2 Å². The van der Waals surface area contributed by atoms with Crippen LogP contribution in [0, 0.1) is 5.82 Å². The SMILES string of the molecule is CC(C)n1c(/C=C/[C@H](O)C[C@H](O)C(=O)[O-])c(-c2ccc(F)cc2)c2ccccc21.[Na+]. The molecular formula is C23H23FNNaO4. The first-order chi connectivity index (χ1) is 13.8. The molecule has 0 saturated heterocycles. The molecule has 0 fully saturated rings. The van der Waals surface area contributed by atoms with Gasteiger partial charge in [-0.2, -0.15) is 0 Å². The van der Waals surface area contributed by atoms with Gasteiger partial charge in [0.2, 0.25) is 0 Å². The Balaban J connectivity index is 0.00000320. The molecule has 5 nitrogen and oxygen atoms in total. The number of carboxylic acid groups (broad SMARTS) is 1. The molecule has 2 aromatic carbocycles. The van der Waals surface area contributed by atoms with Crippen molar-refractivity contribution in [3.8, 4) is 11.1 Å². The Morgan fingerprint density at radius 3 is 2.37 bits per heavy atom. The average Bonchev–Trinajstić information content (AvgIpc) is 3.01. The number of aromatic nitrogens is 1. The Morgan fingerprint density at radius 2 is 1.77 bits per heavy atom. The normalized spacial score (nSPS) is 13.5. The van der Waals surface area contributed by atoms with Gasteiger partial charge in [-0.05, 0) is 43.7 Å². The molecule has 0 amide bonds. The second-order valence-corrected chi connectivity index (χ2v) is 7.25. The molecule has 0 spiro atoms. The number of rotatable bonds is 7. The van der Waals surface area contributed by atoms with Crippen LogP contribution in [-0.4, -0.2) is 33.0 Å². The minimum Gasteiger partial charge on any atom is -0.547 e. The zero-order valence-electron chi connectivity index (χ0n) is 17.2. The van der Waals surface area contributed by atoms with E-state index in [2.05, 4.69) is 4.57 Å². The quantitative estimate of drug-likeness (QED) is 0.524. The van der Waals surface area contributed by atoms with Gasteiger partial charge in [-0.1, -0.05) is 36.4 Å². The van der Waals surface area contributed by atoms with Gasteiger partial charge in [-0.15, -0.1) is 0 Å². The average molecular weight is 419 g/mol. The molecule has 30 heavy (non-hydrogen) atoms. The van der Waals surface area contributed by atoms with E-state index in [0.29, 0.717) is 0 Å². The molecule has 2 atom stereocenters. The summed E-state index contributed by atoms with van der Waals surface area (Å²) in [4.78, 5) is 10.7. The summed E-state index contributed by atoms with van der Waals surface area (Å²) in [6.07, 6.45) is -0.116. The van der Waals surface area contributed by atoms with Crippen LogP contribution in [0.25, 0.3) is 28.1 Å². The van der Waals surface area contributed by atoms with E-state index in [4.69, 9.17) is 0 Å². The third-order valence-corrected chi connectivity index (χ3v) is 4.81. The van der Waals surface area contributed by atoms with Crippen LogP contribution in [-0.2, 0) is 4.79 Å². The van der Waals surface area contributed by atoms with Gasteiger partial charge < -0.3 is 24.7 Å². The van der Waals surface area contributed by atoms with Gasteiger partial charge in [-0.3, -0.25) is 0 Å². The van der Waals surface area contributed by atoms with Gasteiger partial charge in [0, 0.05) is 34.6 Å². The van der Waals surface area contributed by atoms with Gasteiger partial charge in [-0.25, -0.2) is 4.39 Å². The number of hydrogen-bond acceptors (Lipinski definition) is 4. The largest absolute Gasteiger partial charge is 1.00 e. The molecule has 2 N–H and O–H groups in total. The summed E-state index contributed by atoms with van der Waals surface area (Å²) >= 11 is 0. The van der Waals surface area contributed by atoms with Crippen LogP contribution >= 0.6 is 0 Å². The van der Waals surface area contributed by atoms with Gasteiger partial charge in [0.05, 0.1) is 18.2 Å². The monoisotopic (exact) mass is 419 g/mol. The van der Waals surface area contributed by atoms with Crippen LogP contribution in [0.2, 0.25) is 0 Å². The molecule has 3 rings (SSSR count). The van der Waals surface area contributed by atoms with Crippen LogP contribution in [0.4, 0.5) is 4.39 Å². The number of nitrogens with zero attached hydrogens (tertiary/aromatic N) is 1. The molecule has 0 radical (unpaired) electrons. The second-order valence-electron chi connectivity index (χ2n) is 7.25. The molecule has 0 aliphatic heterocycles. The number of aliphatic carboxylic acids is 1. The fraction of sp³-hybridized carbons (Fsp3) is 0.261. The molecule has 0 aliphatic rings. The smallest absolute Gasteiger partial charge is 0.547 e. The molecule has 1 heterocycles. The number of aliphatic hydroxyl groups excluding tert-OH is 2. The zero-order chi connectivity index (χ0) is 21.1. The molecule has 0 bridgehead atoms. The third-order valence-electron chi connectivity index (χ3n) is 4.81. The van der Waals surface area contributed by atoms with Crippen molar-refractivity contribution in [2.24, 2.45) is 0 Å². The minimum absolute atomic E-state index is 0. The van der Waals surface area contributed by atoms with Crippen molar-refractivity contribution in [3.05, 3.63) is 66.1 Å². The van der Waals surface area contributed by atoms with E-state index in [1.54, 1.807) is 18.2 Å². The molecule has 7 heteroatoms. The molecule has 0 saturated carbocycles.